The SMILES string of the molecule is c1cc2c3c(cccc3c1)-c1cc(-c3cccc4c3oc3ccccc34)ccc1S2. The summed E-state index contributed by atoms with van der Waals surface area (Å²) in [5.41, 5.74) is 6.84. The van der Waals surface area contributed by atoms with Crippen LogP contribution in [0.4, 0.5) is 0 Å². The molecule has 1 aliphatic rings. The molecular formula is C28H16OS. The number of hydrogen-bond donors (Lipinski definition) is 0. The highest BCUT2D eigenvalue weighted by Gasteiger charge is 2.20. The number of fused-ring (bicyclic) bond motifs is 5. The minimum atomic E-state index is 0.937. The Morgan fingerprint density at radius 1 is 0.567 bits per heavy atom. The lowest BCUT2D eigenvalue weighted by Gasteiger charge is -2.21. The first-order chi connectivity index (χ1) is 14.9. The highest BCUT2D eigenvalue weighted by Crippen LogP contribution is 2.49. The van der Waals surface area contributed by atoms with Crippen molar-refractivity contribution in [3.05, 3.63) is 97.1 Å². The zero-order valence-corrected chi connectivity index (χ0v) is 16.9. The van der Waals surface area contributed by atoms with Crippen LogP contribution in [0.1, 0.15) is 0 Å². The van der Waals surface area contributed by atoms with Crippen LogP contribution in [0.15, 0.2) is 111 Å². The van der Waals surface area contributed by atoms with Crippen molar-refractivity contribution in [1.82, 2.24) is 0 Å². The van der Waals surface area contributed by atoms with Gasteiger partial charge in [-0.15, -0.1) is 0 Å². The van der Waals surface area contributed by atoms with Gasteiger partial charge >= 0.3 is 0 Å². The molecular weight excluding hydrogens is 384 g/mol. The Balaban J connectivity index is 1.50. The van der Waals surface area contributed by atoms with Crippen LogP contribution in [-0.2, 0) is 0 Å². The first kappa shape index (κ1) is 16.3. The van der Waals surface area contributed by atoms with Crippen molar-refractivity contribution in [2.45, 2.75) is 9.79 Å². The van der Waals surface area contributed by atoms with Gasteiger partial charge in [0, 0.05) is 31.5 Å². The van der Waals surface area contributed by atoms with Crippen LogP contribution >= 0.6 is 11.8 Å². The number of furan rings is 1. The molecule has 0 aliphatic carbocycles. The summed E-state index contributed by atoms with van der Waals surface area (Å²) in [6.07, 6.45) is 0. The van der Waals surface area contributed by atoms with Gasteiger partial charge in [0.25, 0.3) is 0 Å². The third-order valence-electron chi connectivity index (χ3n) is 6.07. The van der Waals surface area contributed by atoms with Crippen molar-refractivity contribution in [2.24, 2.45) is 0 Å². The lowest BCUT2D eigenvalue weighted by Crippen LogP contribution is -1.93. The van der Waals surface area contributed by atoms with Crippen LogP contribution in [-0.4, -0.2) is 0 Å². The molecule has 0 spiro atoms. The second-order valence-electron chi connectivity index (χ2n) is 7.75. The van der Waals surface area contributed by atoms with E-state index in [-0.39, 0.29) is 0 Å². The fourth-order valence-electron chi connectivity index (χ4n) is 4.71. The summed E-state index contributed by atoms with van der Waals surface area (Å²) in [5, 5.41) is 4.99. The molecule has 0 fully saturated rings. The van der Waals surface area contributed by atoms with Crippen LogP contribution in [0.2, 0.25) is 0 Å². The summed E-state index contributed by atoms with van der Waals surface area (Å²) < 4.78 is 6.29. The third kappa shape index (κ3) is 2.20. The van der Waals surface area contributed by atoms with Gasteiger partial charge in [-0.25, -0.2) is 0 Å². The highest BCUT2D eigenvalue weighted by molar-refractivity contribution is 7.99. The molecule has 0 radical (unpaired) electrons. The van der Waals surface area contributed by atoms with Crippen LogP contribution in [0.5, 0.6) is 0 Å². The fourth-order valence-corrected chi connectivity index (χ4v) is 5.83. The summed E-state index contributed by atoms with van der Waals surface area (Å²) in [6.45, 7) is 0. The van der Waals surface area contributed by atoms with Gasteiger partial charge in [0.2, 0.25) is 0 Å². The van der Waals surface area contributed by atoms with Gasteiger partial charge in [0.05, 0.1) is 0 Å². The quantitative estimate of drug-likeness (QED) is 0.274. The van der Waals surface area contributed by atoms with Crippen molar-refractivity contribution >= 4 is 44.5 Å². The molecule has 30 heavy (non-hydrogen) atoms. The van der Waals surface area contributed by atoms with Gasteiger partial charge in [0.1, 0.15) is 11.2 Å². The van der Waals surface area contributed by atoms with Gasteiger partial charge in [0.15, 0.2) is 0 Å². The number of hydrogen-bond acceptors (Lipinski definition) is 2. The first-order valence-electron chi connectivity index (χ1n) is 10.1. The minimum absolute atomic E-state index is 0.937. The lowest BCUT2D eigenvalue weighted by molar-refractivity contribution is 0.670. The van der Waals surface area contributed by atoms with Gasteiger partial charge in [-0.1, -0.05) is 84.6 Å². The Morgan fingerprint density at radius 2 is 1.37 bits per heavy atom. The standard InChI is InChI=1S/C28H16OS/c1-2-12-24-20(8-1)22-11-5-9-19(28(22)29-24)18-14-15-25-23(16-18)21-10-3-6-17-7-4-13-26(30-25)27(17)21/h1-16H. The Bertz CT molecular complexity index is 1620. The summed E-state index contributed by atoms with van der Waals surface area (Å²) >= 11 is 1.86. The van der Waals surface area contributed by atoms with Crippen molar-refractivity contribution in [3.8, 4) is 22.3 Å². The Labute approximate surface area is 178 Å². The second-order valence-corrected chi connectivity index (χ2v) is 8.84. The average Bonchev–Trinajstić information content (AvgIpc) is 3.18. The molecule has 2 heterocycles. The van der Waals surface area contributed by atoms with Crippen molar-refractivity contribution in [1.29, 1.82) is 0 Å². The predicted molar refractivity (Wildman–Crippen MR) is 126 cm³/mol. The molecule has 0 unspecified atom stereocenters. The Morgan fingerprint density at radius 3 is 2.33 bits per heavy atom. The van der Waals surface area contributed by atoms with Gasteiger partial charge in [-0.3, -0.25) is 0 Å². The van der Waals surface area contributed by atoms with E-state index in [0.29, 0.717) is 0 Å². The van der Waals surface area contributed by atoms with E-state index in [1.54, 1.807) is 0 Å². The topological polar surface area (TPSA) is 13.1 Å². The van der Waals surface area contributed by atoms with Crippen LogP contribution in [0.3, 0.4) is 0 Å². The van der Waals surface area contributed by atoms with Gasteiger partial charge in [-0.05, 0) is 46.3 Å². The van der Waals surface area contributed by atoms with E-state index in [4.69, 9.17) is 4.42 Å². The molecule has 5 aromatic carbocycles. The molecule has 2 heteroatoms. The van der Waals surface area contributed by atoms with Gasteiger partial charge < -0.3 is 4.42 Å². The number of benzene rings is 5. The molecule has 1 aliphatic heterocycles. The van der Waals surface area contributed by atoms with Gasteiger partial charge in [-0.2, -0.15) is 0 Å². The van der Waals surface area contributed by atoms with E-state index in [1.807, 2.05) is 23.9 Å². The maximum Gasteiger partial charge on any atom is 0.143 e. The molecule has 0 saturated heterocycles. The third-order valence-corrected chi connectivity index (χ3v) is 7.21. The van der Waals surface area contributed by atoms with Crippen LogP contribution in [0.25, 0.3) is 55.0 Å². The molecule has 140 valence electrons. The highest BCUT2D eigenvalue weighted by atomic mass is 32.2. The lowest BCUT2D eigenvalue weighted by atomic mass is 9.94. The Hall–Kier alpha value is -3.49. The molecule has 0 amide bonds. The van der Waals surface area contributed by atoms with E-state index in [2.05, 4.69) is 84.9 Å². The maximum absolute atomic E-state index is 6.29. The first-order valence-corrected chi connectivity index (χ1v) is 10.9. The molecule has 0 N–H and O–H groups in total. The largest absolute Gasteiger partial charge is 0.455 e. The average molecular weight is 401 g/mol. The smallest absolute Gasteiger partial charge is 0.143 e. The second kappa shape index (κ2) is 6.01. The molecule has 7 rings (SSSR count). The molecule has 0 atom stereocenters. The van der Waals surface area contributed by atoms with E-state index in [1.165, 1.54) is 48.0 Å². The van der Waals surface area contributed by atoms with Crippen LogP contribution in [0, 0.1) is 0 Å². The number of rotatable bonds is 1. The summed E-state index contributed by atoms with van der Waals surface area (Å²) in [4.78, 5) is 2.64. The zero-order valence-electron chi connectivity index (χ0n) is 16.1. The molecule has 1 aromatic heterocycles. The summed E-state index contributed by atoms with van der Waals surface area (Å²) in [5.74, 6) is 0. The number of para-hydroxylation sites is 2. The van der Waals surface area contributed by atoms with Crippen molar-refractivity contribution in [3.63, 3.8) is 0 Å². The normalized spacial score (nSPS) is 12.5. The minimum Gasteiger partial charge on any atom is -0.455 e. The monoisotopic (exact) mass is 400 g/mol. The predicted octanol–water partition coefficient (Wildman–Crippen LogP) is 8.54. The van der Waals surface area contributed by atoms with E-state index < -0.39 is 0 Å². The maximum atomic E-state index is 6.29. The van der Waals surface area contributed by atoms with E-state index >= 15 is 0 Å². The van der Waals surface area contributed by atoms with Crippen molar-refractivity contribution < 1.29 is 4.42 Å². The Kier molecular flexibility index (Phi) is 3.27. The van der Waals surface area contributed by atoms with Crippen molar-refractivity contribution in [2.75, 3.05) is 0 Å². The van der Waals surface area contributed by atoms with Crippen LogP contribution < -0.4 is 0 Å². The molecule has 1 nitrogen and oxygen atoms in total. The van der Waals surface area contributed by atoms with E-state index in [0.717, 1.165) is 16.7 Å². The summed E-state index contributed by atoms with van der Waals surface area (Å²) in [6, 6.07) is 34.7. The van der Waals surface area contributed by atoms with E-state index in [9.17, 15) is 0 Å². The zero-order chi connectivity index (χ0) is 19.7. The summed E-state index contributed by atoms with van der Waals surface area (Å²) in [7, 11) is 0. The molecule has 6 aromatic rings. The fraction of sp³-hybridized carbons (Fsp3) is 0. The molecule has 0 bridgehead atoms. The molecule has 0 saturated carbocycles.